The van der Waals surface area contributed by atoms with Gasteiger partial charge in [0.25, 0.3) is 0 Å². The minimum absolute atomic E-state index is 0.915. The van der Waals surface area contributed by atoms with E-state index < -0.39 is 0 Å². The molecule has 0 aliphatic carbocycles. The number of fused-ring (bicyclic) bond motifs is 1. The summed E-state index contributed by atoms with van der Waals surface area (Å²) >= 11 is 0. The predicted octanol–water partition coefficient (Wildman–Crippen LogP) is 14.0. The smallest absolute Gasteiger partial charge is 0.0886 e. The zero-order valence-corrected chi connectivity index (χ0v) is 32.2. The molecule has 0 saturated heterocycles. The Kier molecular flexibility index (Phi) is 36.3. The fraction of sp³-hybridized carbons (Fsp3) is 0.295. The van der Waals surface area contributed by atoms with Crippen molar-refractivity contribution in [2.24, 2.45) is 0 Å². The Bertz CT molecular complexity index is 1280. The molecule has 3 heterocycles. The lowest BCUT2D eigenvalue weighted by molar-refractivity contribution is 1.21. The molecule has 0 bridgehead atoms. The standard InChI is InChI=1S/C13H13N.C10H8N2.C9H7N.6C2H6/c1-14(12-8-4-2-5-9-12)13-10-6-3-7-11-13;1-3-7-11-9(5-1)10-6-2-4-8-12-10;1-2-4-9-7-10-6-5-8(9)3-1;6*1-2/h2-11H,1H3;1-8H;1-7H;6*1-2H3. The summed E-state index contributed by atoms with van der Waals surface area (Å²) in [6.07, 6.45) is 7.21. The van der Waals surface area contributed by atoms with Crippen molar-refractivity contribution in [1.29, 1.82) is 0 Å². The van der Waals surface area contributed by atoms with Crippen LogP contribution in [0.25, 0.3) is 22.2 Å². The van der Waals surface area contributed by atoms with Crippen LogP contribution in [-0.2, 0) is 0 Å². The van der Waals surface area contributed by atoms with Crippen molar-refractivity contribution >= 4 is 22.1 Å². The molecule has 48 heavy (non-hydrogen) atoms. The van der Waals surface area contributed by atoms with E-state index in [1.807, 2.05) is 162 Å². The van der Waals surface area contributed by atoms with Crippen molar-refractivity contribution in [3.8, 4) is 11.4 Å². The number of pyridine rings is 3. The molecule has 0 aliphatic heterocycles. The summed E-state index contributed by atoms with van der Waals surface area (Å²) in [6.45, 7) is 24.0. The van der Waals surface area contributed by atoms with Gasteiger partial charge in [-0.05, 0) is 65.4 Å². The first-order valence-electron chi connectivity index (χ1n) is 17.8. The summed E-state index contributed by atoms with van der Waals surface area (Å²) in [7, 11) is 2.07. The lowest BCUT2D eigenvalue weighted by Crippen LogP contribution is -2.08. The van der Waals surface area contributed by atoms with Gasteiger partial charge in [0, 0.05) is 43.2 Å². The van der Waals surface area contributed by atoms with Gasteiger partial charge in [-0.15, -0.1) is 0 Å². The van der Waals surface area contributed by atoms with Crippen LogP contribution >= 0.6 is 0 Å². The zero-order chi connectivity index (χ0) is 36.8. The molecule has 0 N–H and O–H groups in total. The molecule has 0 amide bonds. The predicted molar refractivity (Wildman–Crippen MR) is 218 cm³/mol. The van der Waals surface area contributed by atoms with E-state index in [0.717, 1.165) is 11.4 Å². The molecule has 260 valence electrons. The van der Waals surface area contributed by atoms with Crippen molar-refractivity contribution in [3.05, 3.63) is 152 Å². The van der Waals surface area contributed by atoms with Gasteiger partial charge in [-0.2, -0.15) is 0 Å². The molecule has 0 saturated carbocycles. The molecule has 0 fully saturated rings. The molecule has 0 radical (unpaired) electrons. The van der Waals surface area contributed by atoms with E-state index in [1.165, 1.54) is 22.1 Å². The Balaban J connectivity index is -0.000000550. The number of anilines is 2. The van der Waals surface area contributed by atoms with Crippen LogP contribution in [0, 0.1) is 0 Å². The number of hydrogen-bond acceptors (Lipinski definition) is 4. The van der Waals surface area contributed by atoms with Crippen molar-refractivity contribution in [3.63, 3.8) is 0 Å². The van der Waals surface area contributed by atoms with Crippen LogP contribution < -0.4 is 4.90 Å². The Morgan fingerprint density at radius 2 is 0.708 bits per heavy atom. The van der Waals surface area contributed by atoms with E-state index in [4.69, 9.17) is 0 Å². The van der Waals surface area contributed by atoms with Crippen molar-refractivity contribution in [1.82, 2.24) is 15.0 Å². The van der Waals surface area contributed by atoms with E-state index in [-0.39, 0.29) is 0 Å². The molecule has 4 nitrogen and oxygen atoms in total. The zero-order valence-electron chi connectivity index (χ0n) is 32.2. The number of nitrogens with zero attached hydrogens (tertiary/aromatic N) is 4. The number of hydrogen-bond donors (Lipinski definition) is 0. The maximum Gasteiger partial charge on any atom is 0.0886 e. The molecular formula is C44H64N4. The van der Waals surface area contributed by atoms with E-state index in [2.05, 4.69) is 87.6 Å². The third-order valence-electron chi connectivity index (χ3n) is 5.43. The molecule has 0 unspecified atom stereocenters. The highest BCUT2D eigenvalue weighted by Gasteiger charge is 2.00. The van der Waals surface area contributed by atoms with E-state index in [1.54, 1.807) is 12.4 Å². The van der Waals surface area contributed by atoms with Gasteiger partial charge in [0.15, 0.2) is 0 Å². The van der Waals surface area contributed by atoms with Crippen LogP contribution in [0.2, 0.25) is 0 Å². The van der Waals surface area contributed by atoms with Crippen LogP contribution in [0.1, 0.15) is 83.1 Å². The third kappa shape index (κ3) is 20.3. The molecular weight excluding hydrogens is 585 g/mol. The van der Waals surface area contributed by atoms with Gasteiger partial charge >= 0.3 is 0 Å². The minimum Gasteiger partial charge on any atom is -0.345 e. The highest BCUT2D eigenvalue weighted by atomic mass is 15.1. The van der Waals surface area contributed by atoms with Crippen LogP contribution in [0.4, 0.5) is 11.4 Å². The summed E-state index contributed by atoms with van der Waals surface area (Å²) in [5.41, 5.74) is 4.24. The molecule has 3 aromatic heterocycles. The molecule has 4 heteroatoms. The second-order valence-electron chi connectivity index (χ2n) is 7.88. The van der Waals surface area contributed by atoms with Crippen molar-refractivity contribution in [2.45, 2.75) is 83.1 Å². The highest BCUT2D eigenvalue weighted by molar-refractivity contribution is 5.81. The van der Waals surface area contributed by atoms with Crippen LogP contribution in [0.5, 0.6) is 0 Å². The Morgan fingerprint density at radius 3 is 1.06 bits per heavy atom. The normalized spacial score (nSPS) is 8.10. The maximum absolute atomic E-state index is 4.19. The van der Waals surface area contributed by atoms with Gasteiger partial charge in [-0.3, -0.25) is 15.0 Å². The van der Waals surface area contributed by atoms with E-state index in [9.17, 15) is 0 Å². The minimum atomic E-state index is 0.915. The number of rotatable bonds is 3. The van der Waals surface area contributed by atoms with E-state index >= 15 is 0 Å². The summed E-state index contributed by atoms with van der Waals surface area (Å²) in [6, 6.07) is 42.5. The largest absolute Gasteiger partial charge is 0.345 e. The second-order valence-corrected chi connectivity index (χ2v) is 7.88. The van der Waals surface area contributed by atoms with Gasteiger partial charge in [0.2, 0.25) is 0 Å². The van der Waals surface area contributed by atoms with Gasteiger partial charge < -0.3 is 4.90 Å². The fourth-order valence-electron chi connectivity index (χ4n) is 3.51. The molecule has 0 spiro atoms. The SMILES string of the molecule is CC.CC.CC.CC.CC.CC.CN(c1ccccc1)c1ccccc1.c1ccc(-c2ccccn2)nc1.c1ccc2cnccc2c1. The fourth-order valence-corrected chi connectivity index (χ4v) is 3.51. The molecule has 6 aromatic rings. The second kappa shape index (κ2) is 36.6. The first-order chi connectivity index (χ1) is 23.8. The Morgan fingerprint density at radius 1 is 0.354 bits per heavy atom. The summed E-state index contributed by atoms with van der Waals surface area (Å²) in [4.78, 5) is 14.6. The Labute approximate surface area is 295 Å². The lowest BCUT2D eigenvalue weighted by atomic mass is 10.2. The van der Waals surface area contributed by atoms with Gasteiger partial charge in [0.1, 0.15) is 0 Å². The quantitative estimate of drug-likeness (QED) is 0.191. The molecule has 0 atom stereocenters. The maximum atomic E-state index is 4.19. The van der Waals surface area contributed by atoms with Crippen LogP contribution in [-0.4, -0.2) is 22.0 Å². The summed E-state index contributed by atoms with van der Waals surface area (Å²) < 4.78 is 0. The van der Waals surface area contributed by atoms with Gasteiger partial charge in [-0.25, -0.2) is 0 Å². The Hall–Kier alpha value is -4.83. The molecule has 6 rings (SSSR count). The average Bonchev–Trinajstić information content (AvgIpc) is 3.24. The topological polar surface area (TPSA) is 41.9 Å². The summed E-state index contributed by atoms with van der Waals surface area (Å²) in [5, 5.41) is 2.45. The number of para-hydroxylation sites is 2. The summed E-state index contributed by atoms with van der Waals surface area (Å²) in [5.74, 6) is 0. The third-order valence-corrected chi connectivity index (χ3v) is 5.43. The van der Waals surface area contributed by atoms with Crippen molar-refractivity contribution < 1.29 is 0 Å². The first kappa shape index (κ1) is 47.6. The monoisotopic (exact) mass is 649 g/mol. The van der Waals surface area contributed by atoms with Crippen molar-refractivity contribution in [2.75, 3.05) is 11.9 Å². The number of aromatic nitrogens is 3. The lowest BCUT2D eigenvalue weighted by Gasteiger charge is -2.18. The highest BCUT2D eigenvalue weighted by Crippen LogP contribution is 2.22. The van der Waals surface area contributed by atoms with Crippen LogP contribution in [0.3, 0.4) is 0 Å². The van der Waals surface area contributed by atoms with E-state index in [0.29, 0.717) is 0 Å². The first-order valence-corrected chi connectivity index (χ1v) is 17.8. The molecule has 3 aromatic carbocycles. The molecule has 0 aliphatic rings. The average molecular weight is 649 g/mol. The van der Waals surface area contributed by atoms with Gasteiger partial charge in [0.05, 0.1) is 11.4 Å². The van der Waals surface area contributed by atoms with Gasteiger partial charge in [-0.1, -0.05) is 156 Å². The van der Waals surface area contributed by atoms with Crippen LogP contribution in [0.15, 0.2) is 152 Å². The number of benzene rings is 3.